The van der Waals surface area contributed by atoms with Gasteiger partial charge in [0, 0.05) is 57.3 Å². The third-order valence-electron chi connectivity index (χ3n) is 4.59. The number of rotatable bonds is 4. The molecule has 0 spiro atoms. The van der Waals surface area contributed by atoms with Crippen molar-refractivity contribution in [2.24, 2.45) is 4.99 Å². The highest BCUT2D eigenvalue weighted by Gasteiger charge is 2.30. The normalized spacial score (nSPS) is 21.4. The van der Waals surface area contributed by atoms with Gasteiger partial charge in [0.1, 0.15) is 0 Å². The number of halogens is 1. The van der Waals surface area contributed by atoms with Crippen molar-refractivity contribution in [3.63, 3.8) is 0 Å². The minimum Gasteiger partial charge on any atom is -0.352 e. The van der Waals surface area contributed by atoms with Gasteiger partial charge in [0.2, 0.25) is 5.91 Å². The van der Waals surface area contributed by atoms with E-state index in [-0.39, 0.29) is 11.9 Å². The lowest BCUT2D eigenvalue weighted by Gasteiger charge is -2.39. The van der Waals surface area contributed by atoms with Crippen LogP contribution in [0.15, 0.2) is 16.1 Å². The second kappa shape index (κ2) is 8.68. The molecule has 2 fully saturated rings. The number of hydrogen-bond donors (Lipinski definition) is 1. The number of carbonyl (C=O) groups excluding carboxylic acids is 1. The maximum atomic E-state index is 12.5. The number of nitrogens with zero attached hydrogens (tertiary/aromatic N) is 4. The van der Waals surface area contributed by atoms with E-state index < -0.39 is 0 Å². The Kier molecular flexibility index (Phi) is 6.89. The number of aliphatic imine (C=N–C) groups is 1. The zero-order valence-corrected chi connectivity index (χ0v) is 15.8. The number of likely N-dealkylation sites (tertiary alicyclic amines) is 1. The summed E-state index contributed by atoms with van der Waals surface area (Å²) in [6, 6.07) is -0.0208. The number of amides is 1. The van der Waals surface area contributed by atoms with Crippen LogP contribution in [0, 0.1) is 0 Å². The molecule has 2 saturated heterocycles. The molecule has 7 heteroatoms. The molecule has 2 rings (SSSR count). The molecule has 0 bridgehead atoms. The average Bonchev–Trinajstić information content (AvgIpc) is 3.09. The molecule has 0 aliphatic carbocycles. The zero-order chi connectivity index (χ0) is 16.8. The van der Waals surface area contributed by atoms with Gasteiger partial charge in [-0.1, -0.05) is 22.5 Å². The van der Waals surface area contributed by atoms with E-state index >= 15 is 0 Å². The van der Waals surface area contributed by atoms with Crippen LogP contribution in [0.3, 0.4) is 0 Å². The van der Waals surface area contributed by atoms with Gasteiger partial charge in [0.15, 0.2) is 5.96 Å². The molecule has 0 aromatic heterocycles. The molecular weight excluding hydrogens is 358 g/mol. The van der Waals surface area contributed by atoms with Crippen LogP contribution in [0.4, 0.5) is 0 Å². The number of guanidine groups is 1. The summed E-state index contributed by atoms with van der Waals surface area (Å²) >= 11 is 3.35. The van der Waals surface area contributed by atoms with Crippen molar-refractivity contribution in [2.45, 2.75) is 25.8 Å². The van der Waals surface area contributed by atoms with E-state index in [1.165, 1.54) is 0 Å². The van der Waals surface area contributed by atoms with Crippen molar-refractivity contribution < 1.29 is 4.79 Å². The first-order valence-corrected chi connectivity index (χ1v) is 9.14. The van der Waals surface area contributed by atoms with Crippen molar-refractivity contribution in [1.29, 1.82) is 0 Å². The van der Waals surface area contributed by atoms with Gasteiger partial charge in [-0.25, -0.2) is 0 Å². The second-order valence-electron chi connectivity index (χ2n) is 6.15. The Hall–Kier alpha value is -1.08. The predicted octanol–water partition coefficient (Wildman–Crippen LogP) is 1.10. The largest absolute Gasteiger partial charge is 0.352 e. The summed E-state index contributed by atoms with van der Waals surface area (Å²) in [5, 5.41) is 3.29. The molecule has 1 N–H and O–H groups in total. The van der Waals surface area contributed by atoms with E-state index in [0.717, 1.165) is 62.6 Å². The van der Waals surface area contributed by atoms with Crippen LogP contribution in [0.25, 0.3) is 0 Å². The summed E-state index contributed by atoms with van der Waals surface area (Å²) in [5.41, 5.74) is 0. The third kappa shape index (κ3) is 4.94. The van der Waals surface area contributed by atoms with Crippen LogP contribution in [0.5, 0.6) is 0 Å². The van der Waals surface area contributed by atoms with Gasteiger partial charge in [-0.3, -0.25) is 14.7 Å². The van der Waals surface area contributed by atoms with Crippen LogP contribution in [-0.2, 0) is 4.79 Å². The molecule has 2 aliphatic heterocycles. The summed E-state index contributed by atoms with van der Waals surface area (Å²) in [6.07, 6.45) is 2.29. The Labute approximate surface area is 147 Å². The maximum absolute atomic E-state index is 12.5. The highest BCUT2D eigenvalue weighted by atomic mass is 79.9. The monoisotopic (exact) mass is 385 g/mol. The van der Waals surface area contributed by atoms with Crippen molar-refractivity contribution in [3.05, 3.63) is 11.1 Å². The molecule has 1 amide bonds. The quantitative estimate of drug-likeness (QED) is 0.581. The molecule has 0 aromatic carbocycles. The first-order valence-electron chi connectivity index (χ1n) is 8.34. The maximum Gasteiger partial charge on any atom is 0.239 e. The Morgan fingerprint density at radius 3 is 2.30 bits per heavy atom. The van der Waals surface area contributed by atoms with Crippen LogP contribution in [0.2, 0.25) is 0 Å². The summed E-state index contributed by atoms with van der Waals surface area (Å²) in [6.45, 7) is 11.9. The van der Waals surface area contributed by atoms with E-state index in [9.17, 15) is 4.79 Å². The molecule has 0 aromatic rings. The van der Waals surface area contributed by atoms with Gasteiger partial charge in [-0.15, -0.1) is 0 Å². The van der Waals surface area contributed by atoms with E-state index in [1.54, 1.807) is 7.05 Å². The minimum absolute atomic E-state index is 0.0208. The van der Waals surface area contributed by atoms with Gasteiger partial charge in [-0.05, 0) is 19.8 Å². The first-order chi connectivity index (χ1) is 11.0. The Balaban J connectivity index is 1.82. The SMILES string of the molecule is C=C(Br)CNC(=NC)N1CCN(C(C)C(=O)N2CCCC2)CC1. The lowest BCUT2D eigenvalue weighted by Crippen LogP contribution is -2.57. The third-order valence-corrected chi connectivity index (χ3v) is 4.87. The highest BCUT2D eigenvalue weighted by Crippen LogP contribution is 2.14. The topological polar surface area (TPSA) is 51.2 Å². The van der Waals surface area contributed by atoms with E-state index in [4.69, 9.17) is 0 Å². The van der Waals surface area contributed by atoms with E-state index in [0.29, 0.717) is 6.54 Å². The predicted molar refractivity (Wildman–Crippen MR) is 97.9 cm³/mol. The fourth-order valence-corrected chi connectivity index (χ4v) is 3.33. The molecule has 1 atom stereocenters. The van der Waals surface area contributed by atoms with Crippen molar-refractivity contribution in [1.82, 2.24) is 20.0 Å². The molecule has 6 nitrogen and oxygen atoms in total. The van der Waals surface area contributed by atoms with Crippen LogP contribution >= 0.6 is 15.9 Å². The zero-order valence-electron chi connectivity index (χ0n) is 14.2. The van der Waals surface area contributed by atoms with Crippen LogP contribution in [-0.4, -0.2) is 85.5 Å². The summed E-state index contributed by atoms with van der Waals surface area (Å²) in [5.74, 6) is 1.18. The molecule has 0 saturated carbocycles. The number of nitrogens with one attached hydrogen (secondary N) is 1. The molecule has 130 valence electrons. The lowest BCUT2D eigenvalue weighted by molar-refractivity contribution is -0.135. The number of piperazine rings is 1. The second-order valence-corrected chi connectivity index (χ2v) is 7.27. The average molecular weight is 386 g/mol. The van der Waals surface area contributed by atoms with E-state index in [2.05, 4.69) is 42.6 Å². The summed E-state index contributed by atoms with van der Waals surface area (Å²) < 4.78 is 0.905. The Morgan fingerprint density at radius 1 is 1.17 bits per heavy atom. The summed E-state index contributed by atoms with van der Waals surface area (Å²) in [7, 11) is 1.80. The smallest absolute Gasteiger partial charge is 0.239 e. The Bertz CT molecular complexity index is 453. The van der Waals surface area contributed by atoms with Crippen LogP contribution < -0.4 is 5.32 Å². The van der Waals surface area contributed by atoms with Crippen molar-refractivity contribution in [2.75, 3.05) is 52.9 Å². The standard InChI is InChI=1S/C16H28BrN5O/c1-13(17)12-19-16(18-3)22-10-8-20(9-11-22)14(2)15(23)21-6-4-5-7-21/h14H,1,4-12H2,2-3H3,(H,18,19). The van der Waals surface area contributed by atoms with Gasteiger partial charge in [-0.2, -0.15) is 0 Å². The van der Waals surface area contributed by atoms with E-state index in [1.807, 2.05) is 11.8 Å². The molecule has 2 aliphatic rings. The number of carbonyl (C=O) groups is 1. The first kappa shape index (κ1) is 18.3. The molecular formula is C16H28BrN5O. The molecule has 23 heavy (non-hydrogen) atoms. The molecule has 1 unspecified atom stereocenters. The van der Waals surface area contributed by atoms with Gasteiger partial charge in [0.05, 0.1) is 6.04 Å². The van der Waals surface area contributed by atoms with Gasteiger partial charge < -0.3 is 15.1 Å². The lowest BCUT2D eigenvalue weighted by atomic mass is 10.2. The minimum atomic E-state index is -0.0208. The summed E-state index contributed by atoms with van der Waals surface area (Å²) in [4.78, 5) is 23.4. The molecule has 0 radical (unpaired) electrons. The van der Waals surface area contributed by atoms with Gasteiger partial charge in [0.25, 0.3) is 0 Å². The molecule has 2 heterocycles. The van der Waals surface area contributed by atoms with Crippen molar-refractivity contribution >= 4 is 27.8 Å². The fraction of sp³-hybridized carbons (Fsp3) is 0.750. The van der Waals surface area contributed by atoms with Crippen LogP contribution in [0.1, 0.15) is 19.8 Å². The Morgan fingerprint density at radius 2 is 1.78 bits per heavy atom. The van der Waals surface area contributed by atoms with Crippen molar-refractivity contribution in [3.8, 4) is 0 Å². The van der Waals surface area contributed by atoms with Gasteiger partial charge >= 0.3 is 0 Å². The highest BCUT2D eigenvalue weighted by molar-refractivity contribution is 9.11. The number of hydrogen-bond acceptors (Lipinski definition) is 3. The fourth-order valence-electron chi connectivity index (χ4n) is 3.19.